The Balaban J connectivity index is 2.09. The predicted octanol–water partition coefficient (Wildman–Crippen LogP) is 2.08. The molecule has 6 heavy (non-hydrogen) atoms. The smallest absolute Gasteiger partial charge is 0.00263 e. The van der Waals surface area contributed by atoms with Crippen molar-refractivity contribution in [1.82, 2.24) is 0 Å². The molecule has 0 aromatic rings. The highest BCUT2D eigenvalue weighted by Gasteiger charge is 2.30. The van der Waals surface area contributed by atoms with Crippen LogP contribution in [0, 0.1) is 11.8 Å². The van der Waals surface area contributed by atoms with Gasteiger partial charge in [-0.2, -0.15) is 0 Å². The van der Waals surface area contributed by atoms with Crippen molar-refractivity contribution in [3.63, 3.8) is 0 Å². The summed E-state index contributed by atoms with van der Waals surface area (Å²) < 4.78 is 1.37. The Kier molecular flexibility index (Phi) is 1.37. The van der Waals surface area contributed by atoms with E-state index in [1.165, 1.54) is 10.8 Å². The molecule has 0 aliphatic heterocycles. The normalized spacial score (nSPS) is 43.0. The summed E-state index contributed by atoms with van der Waals surface area (Å²) in [4.78, 5) is 0. The minimum Gasteiger partial charge on any atom is -0.0861 e. The largest absolute Gasteiger partial charge is 0.0861 e. The van der Waals surface area contributed by atoms with Crippen molar-refractivity contribution in [1.29, 1.82) is 0 Å². The molecule has 0 radical (unpaired) electrons. The molecule has 2 unspecified atom stereocenters. The van der Waals surface area contributed by atoms with Gasteiger partial charge in [0.2, 0.25) is 0 Å². The van der Waals surface area contributed by atoms with Gasteiger partial charge in [-0.25, -0.2) is 0 Å². The molecule has 0 saturated heterocycles. The zero-order chi connectivity index (χ0) is 4.57. The molecule has 0 nitrogen and oxygen atoms in total. The van der Waals surface area contributed by atoms with E-state index in [4.69, 9.17) is 0 Å². The second kappa shape index (κ2) is 1.68. The molecule has 36 valence electrons. The van der Waals surface area contributed by atoms with Crippen LogP contribution in [-0.2, 0) is 0 Å². The molecule has 1 saturated carbocycles. The first-order chi connectivity index (χ1) is 2.84. The van der Waals surface area contributed by atoms with Crippen LogP contribution in [0.3, 0.4) is 0 Å². The fraction of sp³-hybridized carbons (Fsp3) is 1.00. The fourth-order valence-corrected chi connectivity index (χ4v) is 1.84. The maximum Gasteiger partial charge on any atom is 0.00263 e. The first-order valence-corrected chi connectivity index (χ1v) is 3.93. The van der Waals surface area contributed by atoms with E-state index < -0.39 is 0 Å². The van der Waals surface area contributed by atoms with E-state index in [0.717, 1.165) is 11.8 Å². The molecule has 0 amide bonds. The van der Waals surface area contributed by atoms with Gasteiger partial charge in [-0.1, -0.05) is 29.5 Å². The van der Waals surface area contributed by atoms with Crippen LogP contribution in [0.15, 0.2) is 0 Å². The van der Waals surface area contributed by atoms with Crippen LogP contribution in [0.2, 0.25) is 0 Å². The van der Waals surface area contributed by atoms with Crippen molar-refractivity contribution in [2.75, 3.05) is 4.43 Å². The van der Waals surface area contributed by atoms with E-state index in [2.05, 4.69) is 29.5 Å². The van der Waals surface area contributed by atoms with E-state index >= 15 is 0 Å². The van der Waals surface area contributed by atoms with Crippen molar-refractivity contribution in [2.24, 2.45) is 11.8 Å². The average Bonchev–Trinajstić information content (AvgIpc) is 2.19. The summed E-state index contributed by atoms with van der Waals surface area (Å²) in [5.41, 5.74) is 0. The lowest BCUT2D eigenvalue weighted by Crippen LogP contribution is -1.73. The fourth-order valence-electron chi connectivity index (χ4n) is 0.614. The van der Waals surface area contributed by atoms with Gasteiger partial charge in [0.05, 0.1) is 0 Å². The summed E-state index contributed by atoms with van der Waals surface area (Å²) in [6.45, 7) is 2.32. The molecule has 0 aromatic heterocycles. The minimum absolute atomic E-state index is 1.06. The topological polar surface area (TPSA) is 0 Å². The second-order valence-corrected chi connectivity index (χ2v) is 3.01. The van der Waals surface area contributed by atoms with Crippen LogP contribution in [0.25, 0.3) is 0 Å². The van der Waals surface area contributed by atoms with Crippen LogP contribution >= 0.6 is 22.6 Å². The number of halogens is 1. The number of hydrogen-bond acceptors (Lipinski definition) is 0. The molecular weight excluding hydrogens is 187 g/mol. The van der Waals surface area contributed by atoms with Crippen molar-refractivity contribution in [3.05, 3.63) is 0 Å². The SMILES string of the molecule is CC1CC1CI. The van der Waals surface area contributed by atoms with E-state index in [1.54, 1.807) is 0 Å². The highest BCUT2D eigenvalue weighted by molar-refractivity contribution is 14.1. The molecule has 0 bridgehead atoms. The molecule has 1 fully saturated rings. The Bertz CT molecular complexity index is 49.9. The lowest BCUT2D eigenvalue weighted by molar-refractivity contribution is 0.855. The third kappa shape index (κ3) is 0.863. The van der Waals surface area contributed by atoms with Crippen LogP contribution in [-0.4, -0.2) is 4.43 Å². The van der Waals surface area contributed by atoms with Gasteiger partial charge in [0, 0.05) is 4.43 Å². The molecule has 1 heteroatoms. The van der Waals surface area contributed by atoms with Gasteiger partial charge in [-0.15, -0.1) is 0 Å². The van der Waals surface area contributed by atoms with E-state index in [9.17, 15) is 0 Å². The standard InChI is InChI=1S/C5H9I/c1-4-2-5(4)3-6/h4-5H,2-3H2,1H3. The molecular formula is C5H9I. The first kappa shape index (κ1) is 4.88. The third-order valence-corrected chi connectivity index (χ3v) is 2.61. The quantitative estimate of drug-likeness (QED) is 0.444. The first-order valence-electron chi connectivity index (χ1n) is 2.40. The number of hydrogen-bond donors (Lipinski definition) is 0. The summed E-state index contributed by atoms with van der Waals surface area (Å²) in [5.74, 6) is 2.15. The Labute approximate surface area is 52.5 Å². The van der Waals surface area contributed by atoms with Gasteiger partial charge < -0.3 is 0 Å². The lowest BCUT2D eigenvalue weighted by atomic mass is 10.4. The molecule has 2 atom stereocenters. The summed E-state index contributed by atoms with van der Waals surface area (Å²) in [5, 5.41) is 0. The van der Waals surface area contributed by atoms with Crippen molar-refractivity contribution in [3.8, 4) is 0 Å². The van der Waals surface area contributed by atoms with Crippen LogP contribution in [0.1, 0.15) is 13.3 Å². The lowest BCUT2D eigenvalue weighted by Gasteiger charge is -1.77. The second-order valence-electron chi connectivity index (χ2n) is 2.13. The van der Waals surface area contributed by atoms with Gasteiger partial charge in [-0.3, -0.25) is 0 Å². The van der Waals surface area contributed by atoms with Crippen molar-refractivity contribution in [2.45, 2.75) is 13.3 Å². The monoisotopic (exact) mass is 196 g/mol. The minimum atomic E-state index is 1.06. The average molecular weight is 196 g/mol. The number of alkyl halides is 1. The Morgan fingerprint density at radius 3 is 2.33 bits per heavy atom. The summed E-state index contributed by atoms with van der Waals surface area (Å²) >= 11 is 2.46. The van der Waals surface area contributed by atoms with Crippen LogP contribution in [0.4, 0.5) is 0 Å². The zero-order valence-electron chi connectivity index (χ0n) is 3.95. The maximum absolute atomic E-state index is 2.46. The van der Waals surface area contributed by atoms with E-state index in [-0.39, 0.29) is 0 Å². The molecule has 0 heterocycles. The van der Waals surface area contributed by atoms with Crippen molar-refractivity contribution < 1.29 is 0 Å². The zero-order valence-corrected chi connectivity index (χ0v) is 6.10. The molecule has 1 aliphatic rings. The highest BCUT2D eigenvalue weighted by atomic mass is 127. The summed E-state index contributed by atoms with van der Waals surface area (Å²) in [7, 11) is 0. The molecule has 0 spiro atoms. The summed E-state index contributed by atoms with van der Waals surface area (Å²) in [6.07, 6.45) is 1.49. The highest BCUT2D eigenvalue weighted by Crippen LogP contribution is 2.38. The third-order valence-electron chi connectivity index (χ3n) is 1.47. The Hall–Kier alpha value is 0.730. The Morgan fingerprint density at radius 1 is 1.83 bits per heavy atom. The van der Waals surface area contributed by atoms with Crippen molar-refractivity contribution >= 4 is 22.6 Å². The van der Waals surface area contributed by atoms with Gasteiger partial charge in [0.25, 0.3) is 0 Å². The van der Waals surface area contributed by atoms with E-state index in [0.29, 0.717) is 0 Å². The predicted molar refractivity (Wildman–Crippen MR) is 36.2 cm³/mol. The van der Waals surface area contributed by atoms with Gasteiger partial charge in [-0.05, 0) is 18.3 Å². The van der Waals surface area contributed by atoms with E-state index in [1.807, 2.05) is 0 Å². The maximum atomic E-state index is 2.46. The molecule has 0 aromatic carbocycles. The molecule has 0 N–H and O–H groups in total. The van der Waals surface area contributed by atoms with Crippen LogP contribution in [0.5, 0.6) is 0 Å². The van der Waals surface area contributed by atoms with Gasteiger partial charge in [0.1, 0.15) is 0 Å². The number of rotatable bonds is 1. The van der Waals surface area contributed by atoms with Gasteiger partial charge >= 0.3 is 0 Å². The summed E-state index contributed by atoms with van der Waals surface area (Å²) in [6, 6.07) is 0. The Morgan fingerprint density at radius 2 is 2.33 bits per heavy atom. The molecule has 1 aliphatic carbocycles. The van der Waals surface area contributed by atoms with Crippen LogP contribution < -0.4 is 0 Å². The molecule has 1 rings (SSSR count). The van der Waals surface area contributed by atoms with Gasteiger partial charge in [0.15, 0.2) is 0 Å².